The fraction of sp³-hybridized carbons (Fsp3) is 0.375. The van der Waals surface area contributed by atoms with Crippen LogP contribution in [0, 0.1) is 6.92 Å². The smallest absolute Gasteiger partial charge is 0.135 e. The summed E-state index contributed by atoms with van der Waals surface area (Å²) >= 11 is 0. The van der Waals surface area contributed by atoms with E-state index in [4.69, 9.17) is 0 Å². The van der Waals surface area contributed by atoms with Crippen LogP contribution in [0.2, 0.25) is 0 Å². The van der Waals surface area contributed by atoms with E-state index in [1.54, 1.807) is 0 Å². The van der Waals surface area contributed by atoms with Crippen molar-refractivity contribution in [1.82, 2.24) is 9.97 Å². The van der Waals surface area contributed by atoms with Gasteiger partial charge < -0.3 is 5.32 Å². The van der Waals surface area contributed by atoms with Gasteiger partial charge in [0.05, 0.1) is 0 Å². The van der Waals surface area contributed by atoms with E-state index in [1.807, 2.05) is 6.07 Å². The fourth-order valence-electron chi connectivity index (χ4n) is 2.06. The Kier molecular flexibility index (Phi) is 4.50. The highest BCUT2D eigenvalue weighted by molar-refractivity contribution is 5.37. The molecule has 3 nitrogen and oxygen atoms in total. The summed E-state index contributed by atoms with van der Waals surface area (Å²) in [6.45, 7) is 7.21. The average molecular weight is 255 g/mol. The first kappa shape index (κ1) is 13.5. The van der Waals surface area contributed by atoms with Crippen molar-refractivity contribution in [2.75, 3.05) is 11.9 Å². The van der Waals surface area contributed by atoms with Crippen LogP contribution in [-0.4, -0.2) is 16.5 Å². The van der Waals surface area contributed by atoms with Gasteiger partial charge in [0, 0.05) is 24.7 Å². The van der Waals surface area contributed by atoms with E-state index >= 15 is 0 Å². The van der Waals surface area contributed by atoms with Crippen molar-refractivity contribution in [3.63, 3.8) is 0 Å². The number of hydrogen-bond acceptors (Lipinski definition) is 3. The molecule has 0 atom stereocenters. The largest absolute Gasteiger partial charge is 0.370 e. The minimum absolute atomic E-state index is 0.791. The van der Waals surface area contributed by atoms with E-state index in [1.165, 1.54) is 11.1 Å². The second-order valence-corrected chi connectivity index (χ2v) is 4.65. The summed E-state index contributed by atoms with van der Waals surface area (Å²) in [5.74, 6) is 1.82. The molecule has 0 radical (unpaired) electrons. The Bertz CT molecular complexity index is 549. The van der Waals surface area contributed by atoms with Crippen LogP contribution in [0.15, 0.2) is 30.3 Å². The molecule has 0 aliphatic rings. The van der Waals surface area contributed by atoms with Gasteiger partial charge in [-0.05, 0) is 31.4 Å². The van der Waals surface area contributed by atoms with Gasteiger partial charge in [-0.15, -0.1) is 0 Å². The molecule has 0 amide bonds. The van der Waals surface area contributed by atoms with Crippen LogP contribution in [0.3, 0.4) is 0 Å². The standard InChI is InChI=1S/C16H21N3/c1-4-14-11-15(17-5-2)19-16(18-14)10-13-9-7-6-8-12(13)3/h6-9,11H,4-5,10H2,1-3H3,(H,17,18,19). The molecule has 0 saturated carbocycles. The summed E-state index contributed by atoms with van der Waals surface area (Å²) in [5.41, 5.74) is 3.67. The van der Waals surface area contributed by atoms with Crippen molar-refractivity contribution in [3.8, 4) is 0 Å². The topological polar surface area (TPSA) is 37.8 Å². The maximum atomic E-state index is 4.62. The molecule has 1 aromatic heterocycles. The Hall–Kier alpha value is -1.90. The summed E-state index contributed by atoms with van der Waals surface area (Å²) in [5, 5.41) is 3.27. The van der Waals surface area contributed by atoms with Crippen LogP contribution in [0.1, 0.15) is 36.5 Å². The molecule has 0 unspecified atom stereocenters. The molecule has 2 rings (SSSR count). The zero-order chi connectivity index (χ0) is 13.7. The molecule has 1 N–H and O–H groups in total. The van der Waals surface area contributed by atoms with Crippen molar-refractivity contribution in [3.05, 3.63) is 53.0 Å². The van der Waals surface area contributed by atoms with Gasteiger partial charge in [-0.25, -0.2) is 9.97 Å². The predicted octanol–water partition coefficient (Wildman–Crippen LogP) is 3.37. The molecule has 0 bridgehead atoms. The predicted molar refractivity (Wildman–Crippen MR) is 79.6 cm³/mol. The lowest BCUT2D eigenvalue weighted by molar-refractivity contribution is 0.900. The maximum absolute atomic E-state index is 4.62. The minimum Gasteiger partial charge on any atom is -0.370 e. The zero-order valence-electron chi connectivity index (χ0n) is 11.9. The zero-order valence-corrected chi connectivity index (χ0v) is 11.9. The number of aryl methyl sites for hydroxylation is 2. The molecule has 1 aromatic carbocycles. The highest BCUT2D eigenvalue weighted by Crippen LogP contribution is 2.14. The number of nitrogens with one attached hydrogen (secondary N) is 1. The molecular formula is C16H21N3. The minimum atomic E-state index is 0.791. The number of nitrogens with zero attached hydrogens (tertiary/aromatic N) is 2. The Balaban J connectivity index is 2.29. The normalized spacial score (nSPS) is 10.5. The van der Waals surface area contributed by atoms with Crippen LogP contribution < -0.4 is 5.32 Å². The quantitative estimate of drug-likeness (QED) is 0.890. The van der Waals surface area contributed by atoms with E-state index in [9.17, 15) is 0 Å². The summed E-state index contributed by atoms with van der Waals surface area (Å²) in [7, 11) is 0. The molecule has 0 saturated heterocycles. The van der Waals surface area contributed by atoms with Crippen LogP contribution in [0.25, 0.3) is 0 Å². The maximum Gasteiger partial charge on any atom is 0.135 e. The molecule has 3 heteroatoms. The lowest BCUT2D eigenvalue weighted by atomic mass is 10.1. The summed E-state index contributed by atoms with van der Waals surface area (Å²) < 4.78 is 0. The van der Waals surface area contributed by atoms with Gasteiger partial charge in [-0.2, -0.15) is 0 Å². The van der Waals surface area contributed by atoms with Gasteiger partial charge in [-0.3, -0.25) is 0 Å². The van der Waals surface area contributed by atoms with Crippen LogP contribution in [-0.2, 0) is 12.8 Å². The third kappa shape index (κ3) is 3.53. The summed E-state index contributed by atoms with van der Waals surface area (Å²) in [6.07, 6.45) is 1.72. The Morgan fingerprint density at radius 2 is 1.89 bits per heavy atom. The Morgan fingerprint density at radius 3 is 2.58 bits per heavy atom. The molecule has 19 heavy (non-hydrogen) atoms. The number of benzene rings is 1. The van der Waals surface area contributed by atoms with Crippen LogP contribution in [0.4, 0.5) is 5.82 Å². The van der Waals surface area contributed by atoms with Gasteiger partial charge in [-0.1, -0.05) is 31.2 Å². The molecule has 0 fully saturated rings. The lowest BCUT2D eigenvalue weighted by Gasteiger charge is -2.09. The van der Waals surface area contributed by atoms with E-state index in [2.05, 4.69) is 60.3 Å². The van der Waals surface area contributed by atoms with Gasteiger partial charge >= 0.3 is 0 Å². The SMILES string of the molecule is CCNc1cc(CC)nc(Cc2ccccc2C)n1. The van der Waals surface area contributed by atoms with E-state index in [-0.39, 0.29) is 0 Å². The van der Waals surface area contributed by atoms with Gasteiger partial charge in [0.2, 0.25) is 0 Å². The van der Waals surface area contributed by atoms with Crippen molar-refractivity contribution in [1.29, 1.82) is 0 Å². The van der Waals surface area contributed by atoms with Gasteiger partial charge in [0.25, 0.3) is 0 Å². The fourth-order valence-corrected chi connectivity index (χ4v) is 2.06. The summed E-state index contributed by atoms with van der Waals surface area (Å²) in [4.78, 5) is 9.20. The van der Waals surface area contributed by atoms with E-state index in [0.717, 1.165) is 36.7 Å². The highest BCUT2D eigenvalue weighted by atomic mass is 15.0. The third-order valence-corrected chi connectivity index (χ3v) is 3.16. The number of hydrogen-bond donors (Lipinski definition) is 1. The first-order chi connectivity index (χ1) is 9.22. The molecule has 0 spiro atoms. The second-order valence-electron chi connectivity index (χ2n) is 4.65. The van der Waals surface area contributed by atoms with Gasteiger partial charge in [0.15, 0.2) is 0 Å². The van der Waals surface area contributed by atoms with Crippen molar-refractivity contribution in [2.24, 2.45) is 0 Å². The van der Waals surface area contributed by atoms with Crippen LogP contribution in [0.5, 0.6) is 0 Å². The molecule has 0 aliphatic carbocycles. The molecular weight excluding hydrogens is 234 g/mol. The summed E-state index contributed by atoms with van der Waals surface area (Å²) in [6, 6.07) is 10.4. The molecule has 2 aromatic rings. The monoisotopic (exact) mass is 255 g/mol. The van der Waals surface area contributed by atoms with Crippen molar-refractivity contribution < 1.29 is 0 Å². The number of anilines is 1. The number of rotatable bonds is 5. The molecule has 100 valence electrons. The van der Waals surface area contributed by atoms with E-state index in [0.29, 0.717) is 0 Å². The highest BCUT2D eigenvalue weighted by Gasteiger charge is 2.06. The van der Waals surface area contributed by atoms with Crippen molar-refractivity contribution in [2.45, 2.75) is 33.6 Å². The number of aromatic nitrogens is 2. The van der Waals surface area contributed by atoms with Gasteiger partial charge in [0.1, 0.15) is 11.6 Å². The third-order valence-electron chi connectivity index (χ3n) is 3.16. The first-order valence-corrected chi connectivity index (χ1v) is 6.88. The van der Waals surface area contributed by atoms with Crippen LogP contribution >= 0.6 is 0 Å². The Morgan fingerprint density at radius 1 is 1.11 bits per heavy atom. The Labute approximate surface area is 115 Å². The second kappa shape index (κ2) is 6.32. The van der Waals surface area contributed by atoms with Crippen molar-refractivity contribution >= 4 is 5.82 Å². The average Bonchev–Trinajstić information content (AvgIpc) is 2.41. The molecule has 0 aliphatic heterocycles. The first-order valence-electron chi connectivity index (χ1n) is 6.88. The lowest BCUT2D eigenvalue weighted by Crippen LogP contribution is -2.06. The molecule has 1 heterocycles. The van der Waals surface area contributed by atoms with E-state index < -0.39 is 0 Å².